The summed E-state index contributed by atoms with van der Waals surface area (Å²) in [6.45, 7) is 0. The molecule has 0 heterocycles. The Morgan fingerprint density at radius 1 is 1.12 bits per heavy atom. The summed E-state index contributed by atoms with van der Waals surface area (Å²) in [5, 5.41) is 9.06. The number of hydrogen-bond donors (Lipinski definition) is 0. The average molecular weight is 208 g/mol. The van der Waals surface area contributed by atoms with Gasteiger partial charge < -0.3 is 4.74 Å². The second-order valence-electron chi connectivity index (χ2n) is 3.28. The molecule has 77 valence electrons. The third-order valence-corrected chi connectivity index (χ3v) is 2.15. The highest BCUT2D eigenvalue weighted by molar-refractivity contribution is 5.27. The van der Waals surface area contributed by atoms with E-state index in [0.29, 0.717) is 5.75 Å². The molecule has 0 saturated heterocycles. The van der Waals surface area contributed by atoms with Crippen LogP contribution in [-0.2, 0) is 0 Å². The molecule has 0 saturated carbocycles. The minimum absolute atomic E-state index is 0.572. The first-order chi connectivity index (χ1) is 7.90. The fourth-order valence-electron chi connectivity index (χ4n) is 1.38. The van der Waals surface area contributed by atoms with Crippen LogP contribution in [0.3, 0.4) is 0 Å². The molecule has 2 aromatic rings. The van der Waals surface area contributed by atoms with E-state index in [9.17, 15) is 0 Å². The topological polar surface area (TPSA) is 33.0 Å². The first-order valence-corrected chi connectivity index (χ1v) is 4.97. The Labute approximate surface area is 94.7 Å². The maximum absolute atomic E-state index is 9.06. The molecule has 2 aromatic carbocycles. The molecule has 0 aromatic heterocycles. The van der Waals surface area contributed by atoms with Gasteiger partial charge in [-0.05, 0) is 18.2 Å². The van der Waals surface area contributed by atoms with E-state index in [1.807, 2.05) is 42.5 Å². The van der Waals surface area contributed by atoms with Crippen molar-refractivity contribution in [1.82, 2.24) is 0 Å². The number of nitrogens with zero attached hydrogens (tertiary/aromatic N) is 1. The fraction of sp³-hybridized carbons (Fsp3) is 0.0714. The van der Waals surface area contributed by atoms with Crippen LogP contribution in [-0.4, -0.2) is 0 Å². The van der Waals surface area contributed by atoms with Gasteiger partial charge in [-0.2, -0.15) is 5.26 Å². The molecular formula is C14H10NO. The molecule has 2 nitrogen and oxygen atoms in total. The van der Waals surface area contributed by atoms with Gasteiger partial charge >= 0.3 is 0 Å². The van der Waals surface area contributed by atoms with E-state index in [1.165, 1.54) is 0 Å². The van der Waals surface area contributed by atoms with Crippen molar-refractivity contribution in [2.75, 3.05) is 0 Å². The largest absolute Gasteiger partial charge is 0.471 e. The van der Waals surface area contributed by atoms with Crippen LogP contribution in [0.1, 0.15) is 11.7 Å². The molecule has 1 atom stereocenters. The van der Waals surface area contributed by atoms with Gasteiger partial charge in [-0.1, -0.05) is 42.5 Å². The van der Waals surface area contributed by atoms with Crippen LogP contribution in [0.5, 0.6) is 5.75 Å². The van der Waals surface area contributed by atoms with Gasteiger partial charge in [0.15, 0.2) is 0 Å². The summed E-state index contributed by atoms with van der Waals surface area (Å²) in [4.78, 5) is 0. The van der Waals surface area contributed by atoms with Gasteiger partial charge in [0.1, 0.15) is 11.8 Å². The highest BCUT2D eigenvalue weighted by Crippen LogP contribution is 2.20. The smallest absolute Gasteiger partial charge is 0.209 e. The van der Waals surface area contributed by atoms with Crippen molar-refractivity contribution in [3.05, 3.63) is 66.2 Å². The van der Waals surface area contributed by atoms with E-state index in [0.717, 1.165) is 5.56 Å². The third-order valence-electron chi connectivity index (χ3n) is 2.15. The molecule has 0 bridgehead atoms. The molecule has 0 aliphatic rings. The van der Waals surface area contributed by atoms with Crippen molar-refractivity contribution in [1.29, 1.82) is 5.26 Å². The second kappa shape index (κ2) is 4.99. The van der Waals surface area contributed by atoms with Gasteiger partial charge in [0, 0.05) is 5.56 Å². The van der Waals surface area contributed by atoms with Gasteiger partial charge in [0.05, 0.1) is 0 Å². The van der Waals surface area contributed by atoms with Crippen LogP contribution in [0.4, 0.5) is 0 Å². The summed E-state index contributed by atoms with van der Waals surface area (Å²) < 4.78 is 5.56. The lowest BCUT2D eigenvalue weighted by Gasteiger charge is -2.12. The molecule has 0 spiro atoms. The van der Waals surface area contributed by atoms with Crippen molar-refractivity contribution < 1.29 is 4.74 Å². The van der Waals surface area contributed by atoms with E-state index in [4.69, 9.17) is 10.00 Å². The van der Waals surface area contributed by atoms with Crippen molar-refractivity contribution in [2.45, 2.75) is 6.10 Å². The SMILES string of the molecule is N#CC(Oc1c[c]ccc1)c1ccccc1. The molecule has 0 N–H and O–H groups in total. The number of hydrogen-bond acceptors (Lipinski definition) is 2. The Morgan fingerprint density at radius 3 is 2.56 bits per heavy atom. The van der Waals surface area contributed by atoms with Gasteiger partial charge in [-0.3, -0.25) is 0 Å². The Bertz CT molecular complexity index is 473. The van der Waals surface area contributed by atoms with Crippen molar-refractivity contribution in [3.8, 4) is 11.8 Å². The highest BCUT2D eigenvalue weighted by atomic mass is 16.5. The molecule has 0 aliphatic heterocycles. The Kier molecular flexibility index (Phi) is 3.20. The quantitative estimate of drug-likeness (QED) is 0.776. The van der Waals surface area contributed by atoms with Gasteiger partial charge in [-0.15, -0.1) is 0 Å². The molecule has 1 radical (unpaired) electrons. The Hall–Kier alpha value is -2.27. The van der Waals surface area contributed by atoms with Crippen LogP contribution in [0.15, 0.2) is 54.6 Å². The summed E-state index contributed by atoms with van der Waals surface area (Å²) >= 11 is 0. The predicted octanol–water partition coefficient (Wildman–Crippen LogP) is 3.13. The van der Waals surface area contributed by atoms with E-state index in [1.54, 1.807) is 12.1 Å². The number of benzene rings is 2. The summed E-state index contributed by atoms with van der Waals surface area (Å²) in [6, 6.07) is 21.6. The van der Waals surface area contributed by atoms with Crippen molar-refractivity contribution in [3.63, 3.8) is 0 Å². The second-order valence-corrected chi connectivity index (χ2v) is 3.28. The predicted molar refractivity (Wildman–Crippen MR) is 60.7 cm³/mol. The van der Waals surface area contributed by atoms with Gasteiger partial charge in [0.25, 0.3) is 0 Å². The van der Waals surface area contributed by atoms with Gasteiger partial charge in [0.2, 0.25) is 6.10 Å². The average Bonchev–Trinajstić information content (AvgIpc) is 2.38. The summed E-state index contributed by atoms with van der Waals surface area (Å²) in [5.41, 5.74) is 0.855. The normalized spacial score (nSPS) is 11.4. The van der Waals surface area contributed by atoms with Crippen molar-refractivity contribution in [2.24, 2.45) is 0 Å². The Morgan fingerprint density at radius 2 is 1.94 bits per heavy atom. The maximum Gasteiger partial charge on any atom is 0.209 e. The molecule has 1 unspecified atom stereocenters. The number of rotatable bonds is 3. The zero-order valence-electron chi connectivity index (χ0n) is 8.63. The van der Waals surface area contributed by atoms with E-state index < -0.39 is 6.10 Å². The molecule has 2 rings (SSSR count). The molecule has 0 amide bonds. The lowest BCUT2D eigenvalue weighted by Crippen LogP contribution is -2.04. The Balaban J connectivity index is 2.17. The van der Waals surface area contributed by atoms with Crippen LogP contribution in [0, 0.1) is 17.4 Å². The minimum atomic E-state index is -0.572. The third kappa shape index (κ3) is 2.40. The summed E-state index contributed by atoms with van der Waals surface area (Å²) in [7, 11) is 0. The van der Waals surface area contributed by atoms with Crippen LogP contribution < -0.4 is 4.74 Å². The van der Waals surface area contributed by atoms with E-state index in [2.05, 4.69) is 12.1 Å². The highest BCUT2D eigenvalue weighted by Gasteiger charge is 2.10. The summed E-state index contributed by atoms with van der Waals surface area (Å²) in [6.07, 6.45) is -0.572. The van der Waals surface area contributed by atoms with E-state index in [-0.39, 0.29) is 0 Å². The van der Waals surface area contributed by atoms with E-state index >= 15 is 0 Å². The summed E-state index contributed by atoms with van der Waals surface area (Å²) in [5.74, 6) is 0.651. The lowest BCUT2D eigenvalue weighted by molar-refractivity contribution is 0.262. The minimum Gasteiger partial charge on any atom is -0.471 e. The number of nitriles is 1. The van der Waals surface area contributed by atoms with Gasteiger partial charge in [-0.25, -0.2) is 0 Å². The maximum atomic E-state index is 9.06. The number of ether oxygens (including phenoxy) is 1. The van der Waals surface area contributed by atoms with Crippen LogP contribution in [0.25, 0.3) is 0 Å². The first kappa shape index (κ1) is 10.3. The van der Waals surface area contributed by atoms with Crippen molar-refractivity contribution >= 4 is 0 Å². The molecular weight excluding hydrogens is 198 g/mol. The lowest BCUT2D eigenvalue weighted by atomic mass is 10.1. The molecule has 0 fully saturated rings. The zero-order chi connectivity index (χ0) is 11.2. The molecule has 2 heteroatoms. The standard InChI is InChI=1S/C14H10NO/c15-11-14(12-7-3-1-4-8-12)16-13-9-5-2-6-10-13/h1-5,7-10,14H. The van der Waals surface area contributed by atoms with Crippen LogP contribution >= 0.6 is 0 Å². The van der Waals surface area contributed by atoms with Crippen LogP contribution in [0.2, 0.25) is 0 Å². The fourth-order valence-corrected chi connectivity index (χ4v) is 1.38. The first-order valence-electron chi connectivity index (χ1n) is 4.97. The molecule has 16 heavy (non-hydrogen) atoms. The zero-order valence-corrected chi connectivity index (χ0v) is 8.63. The monoisotopic (exact) mass is 208 g/mol. The molecule has 0 aliphatic carbocycles.